The molecule has 0 aliphatic heterocycles. The quantitative estimate of drug-likeness (QED) is 0.157. The molecule has 240 valence electrons. The third-order valence-corrected chi connectivity index (χ3v) is 8.23. The van der Waals surface area contributed by atoms with Crippen molar-refractivity contribution in [3.05, 3.63) is 119 Å². The maximum absolute atomic E-state index is 10.8. The molecule has 0 saturated carbocycles. The summed E-state index contributed by atoms with van der Waals surface area (Å²) in [5.41, 5.74) is 5.10. The number of ether oxygens (including phenoxy) is 2. The molecule has 1 atom stereocenters. The van der Waals surface area contributed by atoms with Crippen LogP contribution in [0.4, 0.5) is 0 Å². The molecule has 7 nitrogen and oxygen atoms in total. The summed E-state index contributed by atoms with van der Waals surface area (Å²) in [4.78, 5) is 10.8. The van der Waals surface area contributed by atoms with Crippen LogP contribution in [-0.2, 0) is 17.6 Å². The van der Waals surface area contributed by atoms with Crippen molar-refractivity contribution in [3.8, 4) is 17.2 Å². The largest absolute Gasteiger partial charge is 0.497 e. The molecular formula is C38H43ClN4O3. The molecule has 46 heavy (non-hydrogen) atoms. The van der Waals surface area contributed by atoms with Crippen molar-refractivity contribution in [3.63, 3.8) is 0 Å². The van der Waals surface area contributed by atoms with Crippen LogP contribution in [0.25, 0.3) is 22.0 Å². The number of carbonyl (C=O) groups excluding carboxylic acids is 1. The average molecular weight is 639 g/mol. The Morgan fingerprint density at radius 2 is 1.61 bits per heavy atom. The fourth-order valence-corrected chi connectivity index (χ4v) is 5.26. The lowest BCUT2D eigenvalue weighted by Crippen LogP contribution is -2.22. The number of methoxy groups -OCH3 is 2. The summed E-state index contributed by atoms with van der Waals surface area (Å²) in [7, 11) is 3.34. The van der Waals surface area contributed by atoms with Gasteiger partial charge in [0.05, 0.1) is 19.9 Å². The summed E-state index contributed by atoms with van der Waals surface area (Å²) in [6, 6.07) is 26.1. The van der Waals surface area contributed by atoms with Crippen LogP contribution < -0.4 is 14.8 Å². The van der Waals surface area contributed by atoms with Crippen molar-refractivity contribution in [1.29, 1.82) is 0 Å². The summed E-state index contributed by atoms with van der Waals surface area (Å²) in [5, 5.41) is 14.6. The van der Waals surface area contributed by atoms with Crippen LogP contribution in [0.5, 0.6) is 11.5 Å². The Labute approximate surface area is 277 Å². The third kappa shape index (κ3) is 8.76. The van der Waals surface area contributed by atoms with Crippen molar-refractivity contribution in [2.45, 2.75) is 47.0 Å². The molecular weight excluding hydrogens is 596 g/mol. The standard InChI is InChI=1S/C23H26ClN3O.C15H17NO2/c1-6-15(2)13-23-26-25-17(4)27(23)22-12-11-20(28-5)14-21(22)16(3)18-7-9-19(24)10-8-18;1-11(17)16-8-7-12-3-4-13-5-6-15(18-2)10-14(13)9-12/h7-12,14-15H,3,6,13H2,1-2,4-5H3;3-6,9-10H,7-8H2,1-2H3,(H,16,17). The van der Waals surface area contributed by atoms with Gasteiger partial charge in [0.25, 0.3) is 0 Å². The number of amides is 1. The van der Waals surface area contributed by atoms with Gasteiger partial charge in [-0.05, 0) is 89.2 Å². The fourth-order valence-electron chi connectivity index (χ4n) is 5.13. The van der Waals surface area contributed by atoms with Crippen molar-refractivity contribution < 1.29 is 14.3 Å². The van der Waals surface area contributed by atoms with Crippen molar-refractivity contribution in [2.24, 2.45) is 5.92 Å². The van der Waals surface area contributed by atoms with E-state index in [4.69, 9.17) is 21.1 Å². The number of rotatable bonds is 11. The Bertz CT molecular complexity index is 1800. The molecule has 0 radical (unpaired) electrons. The first-order valence-electron chi connectivity index (χ1n) is 15.5. The van der Waals surface area contributed by atoms with Crippen LogP contribution in [0.1, 0.15) is 55.5 Å². The number of aromatic nitrogens is 3. The highest BCUT2D eigenvalue weighted by atomic mass is 35.5. The fraction of sp³-hybridized carbons (Fsp3) is 0.289. The molecule has 4 aromatic carbocycles. The van der Waals surface area contributed by atoms with Gasteiger partial charge in [-0.1, -0.05) is 74.8 Å². The number of aryl methyl sites for hydroxylation is 1. The zero-order chi connectivity index (χ0) is 33.2. The van der Waals surface area contributed by atoms with Crippen LogP contribution in [0.2, 0.25) is 5.02 Å². The van der Waals surface area contributed by atoms with E-state index in [2.05, 4.69) is 58.7 Å². The Balaban J connectivity index is 0.000000230. The highest BCUT2D eigenvalue weighted by Gasteiger charge is 2.18. The topological polar surface area (TPSA) is 78.3 Å². The van der Waals surface area contributed by atoms with E-state index < -0.39 is 0 Å². The Morgan fingerprint density at radius 1 is 0.935 bits per heavy atom. The predicted octanol–water partition coefficient (Wildman–Crippen LogP) is 8.41. The predicted molar refractivity (Wildman–Crippen MR) is 188 cm³/mol. The van der Waals surface area contributed by atoms with Gasteiger partial charge in [0.2, 0.25) is 5.91 Å². The van der Waals surface area contributed by atoms with Gasteiger partial charge >= 0.3 is 0 Å². The summed E-state index contributed by atoms with van der Waals surface area (Å²) in [6.45, 7) is 13.0. The van der Waals surface area contributed by atoms with E-state index in [1.165, 1.54) is 17.9 Å². The molecule has 1 heterocycles. The van der Waals surface area contributed by atoms with Crippen molar-refractivity contribution in [2.75, 3.05) is 20.8 Å². The maximum atomic E-state index is 10.8. The maximum Gasteiger partial charge on any atom is 0.216 e. The number of carbonyl (C=O) groups is 1. The van der Waals surface area contributed by atoms with Crippen LogP contribution in [0, 0.1) is 12.8 Å². The number of halogens is 1. The number of hydrogen-bond donors (Lipinski definition) is 1. The second kappa shape index (κ2) is 16.1. The molecule has 0 bridgehead atoms. The minimum atomic E-state index is 0.0115. The smallest absolute Gasteiger partial charge is 0.216 e. The van der Waals surface area contributed by atoms with Gasteiger partial charge in [0, 0.05) is 30.5 Å². The van der Waals surface area contributed by atoms with Crippen molar-refractivity contribution in [1.82, 2.24) is 20.1 Å². The number of nitrogens with one attached hydrogen (secondary N) is 1. The van der Waals surface area contributed by atoms with Gasteiger partial charge < -0.3 is 14.8 Å². The summed E-state index contributed by atoms with van der Waals surface area (Å²) < 4.78 is 12.8. The van der Waals surface area contributed by atoms with E-state index in [0.29, 0.717) is 17.5 Å². The van der Waals surface area contributed by atoms with E-state index >= 15 is 0 Å². The molecule has 1 aromatic heterocycles. The molecule has 0 aliphatic rings. The number of nitrogens with zero attached hydrogens (tertiary/aromatic N) is 3. The molecule has 0 aliphatic carbocycles. The Morgan fingerprint density at radius 3 is 2.28 bits per heavy atom. The Kier molecular flexibility index (Phi) is 12.0. The molecule has 5 aromatic rings. The molecule has 1 unspecified atom stereocenters. The molecule has 1 N–H and O–H groups in total. The van der Waals surface area contributed by atoms with E-state index in [1.54, 1.807) is 14.2 Å². The van der Waals surface area contributed by atoms with E-state index in [-0.39, 0.29) is 5.91 Å². The first kappa shape index (κ1) is 34.3. The van der Waals surface area contributed by atoms with Crippen LogP contribution in [0.3, 0.4) is 0 Å². The molecule has 0 saturated heterocycles. The Hall–Kier alpha value is -4.62. The van der Waals surface area contributed by atoms with E-state index in [9.17, 15) is 4.79 Å². The highest BCUT2D eigenvalue weighted by molar-refractivity contribution is 6.30. The molecule has 0 spiro atoms. The van der Waals surface area contributed by atoms with Crippen LogP contribution in [0.15, 0.2) is 85.4 Å². The number of hydrogen-bond acceptors (Lipinski definition) is 5. The first-order chi connectivity index (χ1) is 22.1. The van der Waals surface area contributed by atoms with Gasteiger partial charge in [0.1, 0.15) is 23.1 Å². The highest BCUT2D eigenvalue weighted by Crippen LogP contribution is 2.32. The average Bonchev–Trinajstić information content (AvgIpc) is 3.42. The first-order valence-corrected chi connectivity index (χ1v) is 15.9. The van der Waals surface area contributed by atoms with E-state index in [1.807, 2.05) is 67.6 Å². The lowest BCUT2D eigenvalue weighted by molar-refractivity contribution is -0.118. The van der Waals surface area contributed by atoms with Crippen LogP contribution >= 0.6 is 11.6 Å². The molecule has 8 heteroatoms. The van der Waals surface area contributed by atoms with Gasteiger partial charge in [0.15, 0.2) is 0 Å². The lowest BCUT2D eigenvalue weighted by atomic mass is 9.97. The minimum absolute atomic E-state index is 0.0115. The molecule has 1 amide bonds. The monoisotopic (exact) mass is 638 g/mol. The van der Waals surface area contributed by atoms with Gasteiger partial charge in [-0.2, -0.15) is 0 Å². The SMILES string of the molecule is C=C(c1ccc(Cl)cc1)c1cc(OC)ccc1-n1c(C)nnc1CC(C)CC.COc1ccc2ccc(CCNC(C)=O)cc2c1. The minimum Gasteiger partial charge on any atom is -0.497 e. The summed E-state index contributed by atoms with van der Waals surface area (Å²) >= 11 is 6.06. The summed E-state index contributed by atoms with van der Waals surface area (Å²) in [6.07, 6.45) is 2.81. The normalized spacial score (nSPS) is 11.4. The second-order valence-electron chi connectivity index (χ2n) is 11.4. The van der Waals surface area contributed by atoms with Gasteiger partial charge in [-0.3, -0.25) is 9.36 Å². The van der Waals surface area contributed by atoms with Crippen LogP contribution in [-0.4, -0.2) is 41.4 Å². The van der Waals surface area contributed by atoms with Gasteiger partial charge in [-0.15, -0.1) is 10.2 Å². The second-order valence-corrected chi connectivity index (χ2v) is 11.8. The molecule has 5 rings (SSSR count). The van der Waals surface area contributed by atoms with Gasteiger partial charge in [-0.25, -0.2) is 0 Å². The lowest BCUT2D eigenvalue weighted by Gasteiger charge is -2.18. The van der Waals surface area contributed by atoms with Crippen molar-refractivity contribution >= 4 is 33.9 Å². The third-order valence-electron chi connectivity index (χ3n) is 7.98. The number of fused-ring (bicyclic) bond motifs is 1. The van der Waals surface area contributed by atoms with E-state index in [0.717, 1.165) is 70.2 Å². The number of benzene rings is 4. The zero-order valence-electron chi connectivity index (χ0n) is 27.6. The molecule has 0 fully saturated rings. The summed E-state index contributed by atoms with van der Waals surface area (Å²) in [5.74, 6) is 4.00. The zero-order valence-corrected chi connectivity index (χ0v) is 28.3.